The molecule has 0 aromatic heterocycles. The average molecular weight is 159 g/mol. The van der Waals surface area contributed by atoms with Crippen molar-refractivity contribution in [3.05, 3.63) is 0 Å². The Kier molecular flexibility index (Phi) is 3.83. The first kappa shape index (κ1) is 8.97. The quantitative estimate of drug-likeness (QED) is 0.646. The van der Waals surface area contributed by atoms with Gasteiger partial charge in [0.05, 0.1) is 25.9 Å². The van der Waals surface area contributed by atoms with E-state index in [1.165, 1.54) is 0 Å². The van der Waals surface area contributed by atoms with Crippen molar-refractivity contribution in [1.82, 2.24) is 5.32 Å². The van der Waals surface area contributed by atoms with Gasteiger partial charge in [-0.05, 0) is 13.5 Å². The van der Waals surface area contributed by atoms with Crippen LogP contribution in [0, 0.1) is 0 Å². The first-order valence-electron chi connectivity index (χ1n) is 4.25. The van der Waals surface area contributed by atoms with Gasteiger partial charge in [0.25, 0.3) is 0 Å². The van der Waals surface area contributed by atoms with Gasteiger partial charge in [0.1, 0.15) is 0 Å². The van der Waals surface area contributed by atoms with Crippen molar-refractivity contribution in [1.29, 1.82) is 0 Å². The van der Waals surface area contributed by atoms with E-state index >= 15 is 0 Å². The zero-order valence-electron chi connectivity index (χ0n) is 7.30. The molecule has 1 rings (SSSR count). The van der Waals surface area contributed by atoms with Gasteiger partial charge < -0.3 is 14.8 Å². The maximum Gasteiger partial charge on any atom is 0.0961 e. The number of hydrogen-bond acceptors (Lipinski definition) is 3. The molecule has 2 atom stereocenters. The van der Waals surface area contributed by atoms with Crippen molar-refractivity contribution in [2.45, 2.75) is 25.5 Å². The van der Waals surface area contributed by atoms with E-state index in [-0.39, 0.29) is 6.10 Å². The van der Waals surface area contributed by atoms with E-state index in [2.05, 4.69) is 12.2 Å². The summed E-state index contributed by atoms with van der Waals surface area (Å²) in [5.74, 6) is 0. The van der Waals surface area contributed by atoms with Crippen LogP contribution in [0.3, 0.4) is 0 Å². The van der Waals surface area contributed by atoms with Crippen LogP contribution in [0.1, 0.15) is 13.3 Å². The van der Waals surface area contributed by atoms with Gasteiger partial charge in [-0.2, -0.15) is 0 Å². The second-order valence-electron chi connectivity index (χ2n) is 2.79. The molecule has 2 unspecified atom stereocenters. The fraction of sp³-hybridized carbons (Fsp3) is 1.00. The highest BCUT2D eigenvalue weighted by molar-refractivity contribution is 4.75. The standard InChI is InChI=1S/C8H17NO2/c1-3-7(9-2)8-6-10-4-5-11-8/h7-9H,3-6H2,1-2H3. The zero-order chi connectivity index (χ0) is 8.10. The van der Waals surface area contributed by atoms with Crippen LogP contribution in [0.25, 0.3) is 0 Å². The molecule has 0 radical (unpaired) electrons. The third-order valence-electron chi connectivity index (χ3n) is 2.10. The van der Waals surface area contributed by atoms with Crippen LogP contribution in [0.15, 0.2) is 0 Å². The smallest absolute Gasteiger partial charge is 0.0961 e. The van der Waals surface area contributed by atoms with Crippen molar-refractivity contribution in [3.63, 3.8) is 0 Å². The monoisotopic (exact) mass is 159 g/mol. The molecule has 1 fully saturated rings. The van der Waals surface area contributed by atoms with Gasteiger partial charge in [-0.25, -0.2) is 0 Å². The Morgan fingerprint density at radius 1 is 1.55 bits per heavy atom. The molecule has 0 aliphatic carbocycles. The summed E-state index contributed by atoms with van der Waals surface area (Å²) in [6.45, 7) is 4.37. The number of likely N-dealkylation sites (N-methyl/N-ethyl adjacent to an activating group) is 1. The molecule has 1 aliphatic rings. The van der Waals surface area contributed by atoms with Gasteiger partial charge in [0, 0.05) is 6.04 Å². The summed E-state index contributed by atoms with van der Waals surface area (Å²) in [5, 5.41) is 3.22. The maximum atomic E-state index is 5.53. The summed E-state index contributed by atoms with van der Waals surface area (Å²) in [5.41, 5.74) is 0. The Morgan fingerprint density at radius 3 is 2.82 bits per heavy atom. The average Bonchev–Trinajstić information content (AvgIpc) is 2.09. The second-order valence-corrected chi connectivity index (χ2v) is 2.79. The molecule has 11 heavy (non-hydrogen) atoms. The topological polar surface area (TPSA) is 30.5 Å². The van der Waals surface area contributed by atoms with Gasteiger partial charge in [0.2, 0.25) is 0 Å². The van der Waals surface area contributed by atoms with Crippen LogP contribution in [0.4, 0.5) is 0 Å². The van der Waals surface area contributed by atoms with Gasteiger partial charge >= 0.3 is 0 Å². The van der Waals surface area contributed by atoms with Crippen LogP contribution in [-0.4, -0.2) is 39.0 Å². The molecular formula is C8H17NO2. The fourth-order valence-corrected chi connectivity index (χ4v) is 1.39. The minimum absolute atomic E-state index is 0.249. The molecule has 66 valence electrons. The molecule has 1 saturated heterocycles. The van der Waals surface area contributed by atoms with Crippen molar-refractivity contribution in [2.75, 3.05) is 26.9 Å². The first-order chi connectivity index (χ1) is 5.38. The summed E-state index contributed by atoms with van der Waals surface area (Å²) in [4.78, 5) is 0. The van der Waals surface area contributed by atoms with Gasteiger partial charge in [-0.15, -0.1) is 0 Å². The lowest BCUT2D eigenvalue weighted by atomic mass is 10.1. The van der Waals surface area contributed by atoms with Gasteiger partial charge in [-0.1, -0.05) is 6.92 Å². The highest BCUT2D eigenvalue weighted by Crippen LogP contribution is 2.07. The van der Waals surface area contributed by atoms with E-state index in [1.54, 1.807) is 0 Å². The molecule has 0 spiro atoms. The Labute approximate surface area is 68.1 Å². The van der Waals surface area contributed by atoms with E-state index in [0.29, 0.717) is 6.04 Å². The van der Waals surface area contributed by atoms with Crippen molar-refractivity contribution in [3.8, 4) is 0 Å². The lowest BCUT2D eigenvalue weighted by Gasteiger charge is -2.29. The molecule has 0 saturated carbocycles. The second kappa shape index (κ2) is 4.70. The molecule has 3 nitrogen and oxygen atoms in total. The van der Waals surface area contributed by atoms with E-state index < -0.39 is 0 Å². The summed E-state index contributed by atoms with van der Waals surface area (Å²) >= 11 is 0. The molecule has 3 heteroatoms. The van der Waals surface area contributed by atoms with E-state index in [0.717, 1.165) is 26.2 Å². The number of ether oxygens (including phenoxy) is 2. The Morgan fingerprint density at radius 2 is 2.36 bits per heavy atom. The zero-order valence-corrected chi connectivity index (χ0v) is 7.30. The van der Waals surface area contributed by atoms with E-state index in [1.807, 2.05) is 7.05 Å². The van der Waals surface area contributed by atoms with E-state index in [9.17, 15) is 0 Å². The highest BCUT2D eigenvalue weighted by atomic mass is 16.6. The van der Waals surface area contributed by atoms with Crippen LogP contribution >= 0.6 is 0 Å². The van der Waals surface area contributed by atoms with Crippen molar-refractivity contribution in [2.24, 2.45) is 0 Å². The molecule has 0 aromatic rings. The molecule has 1 heterocycles. The number of rotatable bonds is 3. The van der Waals surface area contributed by atoms with Crippen LogP contribution in [-0.2, 0) is 9.47 Å². The van der Waals surface area contributed by atoms with Gasteiger partial charge in [0.15, 0.2) is 0 Å². The summed E-state index contributed by atoms with van der Waals surface area (Å²) < 4.78 is 10.8. The third-order valence-corrected chi connectivity index (χ3v) is 2.10. The third kappa shape index (κ3) is 2.43. The molecule has 0 bridgehead atoms. The normalized spacial score (nSPS) is 28.4. The lowest BCUT2D eigenvalue weighted by molar-refractivity contribution is -0.101. The van der Waals surface area contributed by atoms with Crippen molar-refractivity contribution >= 4 is 0 Å². The maximum absolute atomic E-state index is 5.53. The van der Waals surface area contributed by atoms with Crippen LogP contribution in [0.5, 0.6) is 0 Å². The highest BCUT2D eigenvalue weighted by Gasteiger charge is 2.21. The van der Waals surface area contributed by atoms with Gasteiger partial charge in [-0.3, -0.25) is 0 Å². The SMILES string of the molecule is CCC(NC)C1COCCO1. The minimum Gasteiger partial charge on any atom is -0.376 e. The summed E-state index contributed by atoms with van der Waals surface area (Å²) in [6, 6.07) is 0.440. The molecule has 0 aromatic carbocycles. The predicted octanol–water partition coefficient (Wildman–Crippen LogP) is 0.400. The van der Waals surface area contributed by atoms with E-state index in [4.69, 9.17) is 9.47 Å². The summed E-state index contributed by atoms with van der Waals surface area (Å²) in [6.07, 6.45) is 1.34. The van der Waals surface area contributed by atoms with Crippen molar-refractivity contribution < 1.29 is 9.47 Å². The van der Waals surface area contributed by atoms with Crippen LogP contribution < -0.4 is 5.32 Å². The molecule has 0 amide bonds. The lowest BCUT2D eigenvalue weighted by Crippen LogP contribution is -2.44. The predicted molar refractivity (Wildman–Crippen MR) is 43.7 cm³/mol. The molecular weight excluding hydrogens is 142 g/mol. The minimum atomic E-state index is 0.249. The number of nitrogens with one attached hydrogen (secondary N) is 1. The fourth-order valence-electron chi connectivity index (χ4n) is 1.39. The Bertz CT molecular complexity index is 98.3. The van der Waals surface area contributed by atoms with Crippen LogP contribution in [0.2, 0.25) is 0 Å². The summed E-state index contributed by atoms with van der Waals surface area (Å²) in [7, 11) is 1.96. The first-order valence-corrected chi connectivity index (χ1v) is 4.25. The Hall–Kier alpha value is -0.120. The Balaban J connectivity index is 2.30. The molecule has 1 N–H and O–H groups in total. The molecule has 1 aliphatic heterocycles. The largest absolute Gasteiger partial charge is 0.376 e. The number of hydrogen-bond donors (Lipinski definition) is 1.